The molecule has 0 unspecified atom stereocenters. The molecule has 1 spiro atoms. The largest absolute Gasteiger partial charge is 0.497 e. The number of morpholine rings is 1. The fraction of sp³-hybridized carbons (Fsp3) is 0.500. The lowest BCUT2D eigenvalue weighted by molar-refractivity contribution is -0.220. The molecule has 2 heterocycles. The van der Waals surface area contributed by atoms with E-state index >= 15 is 0 Å². The van der Waals surface area contributed by atoms with Crippen molar-refractivity contribution in [2.45, 2.75) is 42.2 Å². The number of benzene rings is 2. The number of amides is 1. The Morgan fingerprint density at radius 3 is 2.33 bits per heavy atom. The van der Waals surface area contributed by atoms with E-state index in [1.54, 1.807) is 36.4 Å². The maximum atomic E-state index is 13.6. The van der Waals surface area contributed by atoms with Crippen LogP contribution in [0, 0.1) is 0 Å². The Morgan fingerprint density at radius 2 is 1.73 bits per heavy atom. The number of rotatable bonds is 8. The number of ether oxygens (including phenoxy) is 4. The van der Waals surface area contributed by atoms with Crippen LogP contribution in [0.25, 0.3) is 0 Å². The Hall–Kier alpha value is -2.39. The van der Waals surface area contributed by atoms with E-state index in [0.29, 0.717) is 11.3 Å². The summed E-state index contributed by atoms with van der Waals surface area (Å²) in [4.78, 5) is 14.0. The lowest BCUT2D eigenvalue weighted by Gasteiger charge is -2.46. The van der Waals surface area contributed by atoms with Gasteiger partial charge in [0.15, 0.2) is 0 Å². The molecule has 2 fully saturated rings. The third-order valence-corrected chi connectivity index (χ3v) is 9.29. The zero-order chi connectivity index (χ0) is 29.0. The maximum Gasteiger partial charge on any atom is 0.427 e. The highest BCUT2D eigenvalue weighted by Gasteiger charge is 2.47. The number of nitrogens with zero attached hydrogens (tertiary/aromatic N) is 2. The van der Waals surface area contributed by atoms with E-state index in [2.05, 4.69) is 15.9 Å². The summed E-state index contributed by atoms with van der Waals surface area (Å²) in [5.41, 5.74) is -0.208. The minimum Gasteiger partial charge on any atom is -0.497 e. The first kappa shape index (κ1) is 30.6. The summed E-state index contributed by atoms with van der Waals surface area (Å²) >= 11 is 3.29. The average Bonchev–Trinajstić information content (AvgIpc) is 2.93. The van der Waals surface area contributed by atoms with Crippen molar-refractivity contribution in [1.29, 1.82) is 0 Å². The van der Waals surface area contributed by atoms with Crippen molar-refractivity contribution in [3.63, 3.8) is 0 Å². The number of piperidine rings is 1. The van der Waals surface area contributed by atoms with E-state index in [1.807, 2.05) is 0 Å². The van der Waals surface area contributed by atoms with E-state index < -0.39 is 40.6 Å². The van der Waals surface area contributed by atoms with Gasteiger partial charge in [-0.3, -0.25) is 0 Å². The molecule has 1 amide bonds. The van der Waals surface area contributed by atoms with Gasteiger partial charge in [-0.25, -0.2) is 13.2 Å². The highest BCUT2D eigenvalue weighted by Crippen LogP contribution is 2.33. The van der Waals surface area contributed by atoms with E-state index in [-0.39, 0.29) is 57.1 Å². The van der Waals surface area contributed by atoms with Crippen molar-refractivity contribution < 1.29 is 45.3 Å². The molecule has 0 N–H and O–H groups in total. The molecule has 9 nitrogen and oxygen atoms in total. The quantitative estimate of drug-likeness (QED) is 0.412. The SMILES string of the molecule is COc1ccc(COC[C@@H](OC(=O)N2CCC3(CC2)CN(S(=O)(=O)c2ccc(Br)cc2)CCO3)C(F)(F)F)cc1. The van der Waals surface area contributed by atoms with Gasteiger partial charge in [-0.2, -0.15) is 17.5 Å². The van der Waals surface area contributed by atoms with E-state index in [0.717, 1.165) is 4.47 Å². The highest BCUT2D eigenvalue weighted by atomic mass is 79.9. The molecule has 4 rings (SSSR count). The molecule has 220 valence electrons. The zero-order valence-corrected chi connectivity index (χ0v) is 24.1. The fourth-order valence-corrected chi connectivity index (χ4v) is 6.33. The number of methoxy groups -OCH3 is 1. The van der Waals surface area contributed by atoms with Crippen LogP contribution in [-0.4, -0.2) is 88.1 Å². The summed E-state index contributed by atoms with van der Waals surface area (Å²) in [6, 6.07) is 13.0. The summed E-state index contributed by atoms with van der Waals surface area (Å²) in [6.45, 7) is -0.413. The first-order chi connectivity index (χ1) is 18.9. The van der Waals surface area contributed by atoms with E-state index in [1.165, 1.54) is 28.4 Å². The van der Waals surface area contributed by atoms with Gasteiger partial charge in [0.1, 0.15) is 5.75 Å². The summed E-state index contributed by atoms with van der Waals surface area (Å²) in [7, 11) is -2.26. The van der Waals surface area contributed by atoms with Crippen LogP contribution >= 0.6 is 15.9 Å². The molecule has 0 saturated carbocycles. The lowest BCUT2D eigenvalue weighted by Crippen LogP contribution is -2.58. The van der Waals surface area contributed by atoms with Crippen molar-refractivity contribution in [2.24, 2.45) is 0 Å². The summed E-state index contributed by atoms with van der Waals surface area (Å²) < 4.78 is 90.3. The van der Waals surface area contributed by atoms with Gasteiger partial charge < -0.3 is 23.8 Å². The smallest absolute Gasteiger partial charge is 0.427 e. The predicted octanol–water partition coefficient (Wildman–Crippen LogP) is 4.60. The molecular formula is C26H30BrF3N2O7S. The number of hydrogen-bond donors (Lipinski definition) is 0. The van der Waals surface area contributed by atoms with Crippen LogP contribution < -0.4 is 4.74 Å². The average molecular weight is 651 g/mol. The molecule has 40 heavy (non-hydrogen) atoms. The molecular weight excluding hydrogens is 621 g/mol. The number of halogens is 4. The van der Waals surface area contributed by atoms with Crippen molar-refractivity contribution in [3.05, 3.63) is 58.6 Å². The van der Waals surface area contributed by atoms with E-state index in [4.69, 9.17) is 18.9 Å². The Labute approximate surface area is 239 Å². The second kappa shape index (κ2) is 12.6. The first-order valence-corrected chi connectivity index (χ1v) is 14.8. The van der Waals surface area contributed by atoms with Gasteiger partial charge in [0.05, 0.1) is 37.4 Å². The normalized spacial score (nSPS) is 18.9. The van der Waals surface area contributed by atoms with Gasteiger partial charge in [-0.1, -0.05) is 28.1 Å². The number of carbonyl (C=O) groups is 1. The zero-order valence-electron chi connectivity index (χ0n) is 21.7. The van der Waals surface area contributed by atoms with Crippen LogP contribution in [0.1, 0.15) is 18.4 Å². The number of hydrogen-bond acceptors (Lipinski definition) is 7. The molecule has 0 aromatic heterocycles. The molecule has 0 radical (unpaired) electrons. The van der Waals surface area contributed by atoms with Gasteiger partial charge in [0, 0.05) is 30.7 Å². The molecule has 0 bridgehead atoms. The minimum absolute atomic E-state index is 0.0578. The molecule has 0 aliphatic carbocycles. The second-order valence-electron chi connectivity index (χ2n) is 9.59. The van der Waals surface area contributed by atoms with Crippen molar-refractivity contribution in [1.82, 2.24) is 9.21 Å². The van der Waals surface area contributed by atoms with Crippen LogP contribution in [0.2, 0.25) is 0 Å². The Kier molecular flexibility index (Phi) is 9.66. The molecule has 2 saturated heterocycles. The van der Waals surface area contributed by atoms with Gasteiger partial charge in [-0.15, -0.1) is 0 Å². The lowest BCUT2D eigenvalue weighted by atomic mass is 9.90. The molecule has 1 atom stereocenters. The fourth-order valence-electron chi connectivity index (χ4n) is 4.57. The molecule has 14 heteroatoms. The summed E-state index contributed by atoms with van der Waals surface area (Å²) in [5, 5.41) is 0. The number of sulfonamides is 1. The molecule has 2 aromatic rings. The van der Waals surface area contributed by atoms with E-state index in [9.17, 15) is 26.4 Å². The maximum absolute atomic E-state index is 13.6. The van der Waals surface area contributed by atoms with Crippen LogP contribution in [0.15, 0.2) is 57.9 Å². The number of alkyl halides is 3. The van der Waals surface area contributed by atoms with Crippen LogP contribution in [0.4, 0.5) is 18.0 Å². The van der Waals surface area contributed by atoms with Crippen molar-refractivity contribution >= 4 is 32.0 Å². The highest BCUT2D eigenvalue weighted by molar-refractivity contribution is 9.10. The Morgan fingerprint density at radius 1 is 1.07 bits per heavy atom. The summed E-state index contributed by atoms with van der Waals surface area (Å²) in [6.07, 6.45) is -7.87. The van der Waals surface area contributed by atoms with Gasteiger partial charge in [-0.05, 0) is 54.8 Å². The summed E-state index contributed by atoms with van der Waals surface area (Å²) in [5.74, 6) is 0.603. The molecule has 2 aliphatic rings. The topological polar surface area (TPSA) is 94.6 Å². The van der Waals surface area contributed by atoms with Crippen LogP contribution in [-0.2, 0) is 30.8 Å². The van der Waals surface area contributed by atoms with Crippen molar-refractivity contribution in [3.8, 4) is 5.75 Å². The van der Waals surface area contributed by atoms with Gasteiger partial charge in [0.25, 0.3) is 0 Å². The molecule has 2 aliphatic heterocycles. The van der Waals surface area contributed by atoms with Crippen molar-refractivity contribution in [2.75, 3.05) is 46.5 Å². The first-order valence-electron chi connectivity index (χ1n) is 12.5. The standard InChI is InChI=1S/C26H30BrF3N2O7S/c1-36-21-6-2-19(3-7-21)16-37-17-23(26(28,29)30)39-24(33)31-12-10-25(11-13-31)18-32(14-15-38-25)40(34,35)22-8-4-20(27)5-9-22/h2-9,23H,10-18H2,1H3/t23-/m1/s1. The Balaban J connectivity index is 1.31. The second-order valence-corrected chi connectivity index (χ2v) is 12.4. The monoisotopic (exact) mass is 650 g/mol. The van der Waals surface area contributed by atoms with Crippen LogP contribution in [0.5, 0.6) is 5.75 Å². The number of carbonyl (C=O) groups excluding carboxylic acids is 1. The minimum atomic E-state index is -4.82. The van der Waals surface area contributed by atoms with Gasteiger partial charge >= 0.3 is 12.3 Å². The van der Waals surface area contributed by atoms with Gasteiger partial charge in [0.2, 0.25) is 16.1 Å². The predicted molar refractivity (Wildman–Crippen MR) is 141 cm³/mol. The third kappa shape index (κ3) is 7.46. The number of likely N-dealkylation sites (tertiary alicyclic amines) is 1. The Bertz CT molecular complexity index is 1250. The van der Waals surface area contributed by atoms with Crippen LogP contribution in [0.3, 0.4) is 0 Å². The third-order valence-electron chi connectivity index (χ3n) is 6.90. The molecule has 2 aromatic carbocycles.